The highest BCUT2D eigenvalue weighted by Crippen LogP contribution is 2.15. The molecule has 0 radical (unpaired) electrons. The molecule has 1 saturated heterocycles. The smallest absolute Gasteiger partial charge is 0.239 e. The third-order valence-corrected chi connectivity index (χ3v) is 3.33. The largest absolute Gasteiger partial charge is 0.354 e. The Labute approximate surface area is 115 Å². The van der Waals surface area contributed by atoms with E-state index in [0.29, 0.717) is 24.8 Å². The van der Waals surface area contributed by atoms with Gasteiger partial charge in [-0.05, 0) is 44.2 Å². The maximum absolute atomic E-state index is 11.6. The van der Waals surface area contributed by atoms with Gasteiger partial charge in [-0.15, -0.1) is 0 Å². The Morgan fingerprint density at radius 2 is 2.05 bits per heavy atom. The molecule has 1 rings (SSSR count). The van der Waals surface area contributed by atoms with Crippen molar-refractivity contribution in [2.24, 2.45) is 11.8 Å². The van der Waals surface area contributed by atoms with E-state index in [9.17, 15) is 9.59 Å². The van der Waals surface area contributed by atoms with Gasteiger partial charge >= 0.3 is 0 Å². The third kappa shape index (κ3) is 7.82. The minimum atomic E-state index is -0.110. The Hall–Kier alpha value is -1.10. The molecule has 1 atom stereocenters. The van der Waals surface area contributed by atoms with E-state index in [-0.39, 0.29) is 18.4 Å². The van der Waals surface area contributed by atoms with Crippen LogP contribution in [0.3, 0.4) is 0 Å². The van der Waals surface area contributed by atoms with Gasteiger partial charge in [0.2, 0.25) is 11.8 Å². The maximum atomic E-state index is 11.6. The summed E-state index contributed by atoms with van der Waals surface area (Å²) in [7, 11) is 0. The van der Waals surface area contributed by atoms with Crippen molar-refractivity contribution in [1.82, 2.24) is 16.0 Å². The molecule has 1 aliphatic rings. The second-order valence-electron chi connectivity index (χ2n) is 5.73. The lowest BCUT2D eigenvalue weighted by atomic mass is 9.94. The van der Waals surface area contributed by atoms with Crippen molar-refractivity contribution in [1.29, 1.82) is 0 Å². The number of piperidine rings is 1. The van der Waals surface area contributed by atoms with Crippen molar-refractivity contribution >= 4 is 11.8 Å². The van der Waals surface area contributed by atoms with Crippen LogP contribution in [-0.2, 0) is 9.59 Å². The fraction of sp³-hybridized carbons (Fsp3) is 0.857. The highest BCUT2D eigenvalue weighted by Gasteiger charge is 2.14. The molecule has 1 heterocycles. The van der Waals surface area contributed by atoms with Gasteiger partial charge in [-0.3, -0.25) is 9.59 Å². The van der Waals surface area contributed by atoms with Gasteiger partial charge in [-0.25, -0.2) is 0 Å². The van der Waals surface area contributed by atoms with Gasteiger partial charge in [-0.1, -0.05) is 13.8 Å². The van der Waals surface area contributed by atoms with Crippen molar-refractivity contribution in [3.8, 4) is 0 Å². The Morgan fingerprint density at radius 3 is 2.68 bits per heavy atom. The predicted molar refractivity (Wildman–Crippen MR) is 75.7 cm³/mol. The van der Waals surface area contributed by atoms with Crippen LogP contribution in [0.25, 0.3) is 0 Å². The van der Waals surface area contributed by atoms with E-state index in [1.54, 1.807) is 0 Å². The molecule has 2 amide bonds. The molecule has 1 unspecified atom stereocenters. The number of carbonyl (C=O) groups excluding carboxylic acids is 2. The van der Waals surface area contributed by atoms with Gasteiger partial charge < -0.3 is 16.0 Å². The van der Waals surface area contributed by atoms with Gasteiger partial charge in [0.1, 0.15) is 0 Å². The summed E-state index contributed by atoms with van der Waals surface area (Å²) in [6, 6.07) is 0. The molecular formula is C14H27N3O2. The molecular weight excluding hydrogens is 242 g/mol. The normalized spacial score (nSPS) is 19.2. The lowest BCUT2D eigenvalue weighted by Gasteiger charge is -2.22. The van der Waals surface area contributed by atoms with Gasteiger partial charge in [0.15, 0.2) is 0 Å². The number of hydrogen-bond donors (Lipinski definition) is 3. The van der Waals surface area contributed by atoms with Gasteiger partial charge in [0.05, 0.1) is 6.54 Å². The first kappa shape index (κ1) is 16.0. The van der Waals surface area contributed by atoms with Crippen molar-refractivity contribution in [3.63, 3.8) is 0 Å². The average molecular weight is 269 g/mol. The topological polar surface area (TPSA) is 70.2 Å². The van der Waals surface area contributed by atoms with E-state index in [4.69, 9.17) is 0 Å². The fourth-order valence-corrected chi connectivity index (χ4v) is 2.15. The van der Waals surface area contributed by atoms with E-state index in [2.05, 4.69) is 16.0 Å². The minimum Gasteiger partial charge on any atom is -0.354 e. The monoisotopic (exact) mass is 269 g/mol. The van der Waals surface area contributed by atoms with Gasteiger partial charge in [-0.2, -0.15) is 0 Å². The summed E-state index contributed by atoms with van der Waals surface area (Å²) in [6.45, 7) is 6.94. The minimum absolute atomic E-state index is 0.0229. The molecule has 0 aromatic carbocycles. The third-order valence-electron chi connectivity index (χ3n) is 3.33. The molecule has 110 valence electrons. The first-order valence-corrected chi connectivity index (χ1v) is 7.32. The summed E-state index contributed by atoms with van der Waals surface area (Å²) >= 11 is 0. The molecule has 5 nitrogen and oxygen atoms in total. The van der Waals surface area contributed by atoms with Crippen molar-refractivity contribution in [2.75, 3.05) is 26.2 Å². The van der Waals surface area contributed by atoms with Crippen molar-refractivity contribution < 1.29 is 9.59 Å². The number of carbonyl (C=O) groups is 2. The number of rotatable bonds is 7. The van der Waals surface area contributed by atoms with Crippen LogP contribution in [0, 0.1) is 11.8 Å². The summed E-state index contributed by atoms with van der Waals surface area (Å²) in [4.78, 5) is 23.0. The Kier molecular flexibility index (Phi) is 7.48. The molecule has 19 heavy (non-hydrogen) atoms. The van der Waals surface area contributed by atoms with Gasteiger partial charge in [0, 0.05) is 13.0 Å². The van der Waals surface area contributed by atoms with Crippen LogP contribution < -0.4 is 16.0 Å². The van der Waals surface area contributed by atoms with Crippen LogP contribution in [-0.4, -0.2) is 38.0 Å². The Balaban J connectivity index is 2.05. The lowest BCUT2D eigenvalue weighted by molar-refractivity contribution is -0.126. The second kappa shape index (κ2) is 8.91. The molecule has 1 aliphatic heterocycles. The van der Waals surface area contributed by atoms with Crippen LogP contribution in [0.1, 0.15) is 39.5 Å². The summed E-state index contributed by atoms with van der Waals surface area (Å²) in [6.07, 6.45) is 3.83. The molecule has 0 aromatic rings. The summed E-state index contributed by atoms with van der Waals surface area (Å²) in [5.41, 5.74) is 0. The molecule has 0 saturated carbocycles. The van der Waals surface area contributed by atoms with E-state index >= 15 is 0 Å². The summed E-state index contributed by atoms with van der Waals surface area (Å²) < 4.78 is 0. The summed E-state index contributed by atoms with van der Waals surface area (Å²) in [5, 5.41) is 8.79. The van der Waals surface area contributed by atoms with E-state index in [1.807, 2.05) is 13.8 Å². The zero-order valence-corrected chi connectivity index (χ0v) is 12.1. The zero-order valence-electron chi connectivity index (χ0n) is 12.1. The van der Waals surface area contributed by atoms with E-state index in [0.717, 1.165) is 19.5 Å². The number of nitrogens with one attached hydrogen (secondary N) is 3. The van der Waals surface area contributed by atoms with Crippen LogP contribution in [0.4, 0.5) is 0 Å². The van der Waals surface area contributed by atoms with Crippen LogP contribution in [0.2, 0.25) is 0 Å². The molecule has 1 fully saturated rings. The Morgan fingerprint density at radius 1 is 1.26 bits per heavy atom. The van der Waals surface area contributed by atoms with Crippen molar-refractivity contribution in [3.05, 3.63) is 0 Å². The molecule has 0 aliphatic carbocycles. The fourth-order valence-electron chi connectivity index (χ4n) is 2.15. The van der Waals surface area contributed by atoms with Gasteiger partial charge in [0.25, 0.3) is 0 Å². The highest BCUT2D eigenvalue weighted by atomic mass is 16.2. The second-order valence-corrected chi connectivity index (χ2v) is 5.73. The quantitative estimate of drug-likeness (QED) is 0.636. The number of amides is 2. The van der Waals surface area contributed by atoms with Crippen LogP contribution >= 0.6 is 0 Å². The average Bonchev–Trinajstić information content (AvgIpc) is 2.41. The first-order valence-electron chi connectivity index (χ1n) is 7.32. The summed E-state index contributed by atoms with van der Waals surface area (Å²) in [5.74, 6) is 0.902. The molecule has 0 aromatic heterocycles. The van der Waals surface area contributed by atoms with Crippen LogP contribution in [0.5, 0.6) is 0 Å². The molecule has 5 heteroatoms. The van der Waals surface area contributed by atoms with Crippen LogP contribution in [0.15, 0.2) is 0 Å². The highest BCUT2D eigenvalue weighted by molar-refractivity contribution is 5.84. The zero-order chi connectivity index (χ0) is 14.1. The lowest BCUT2D eigenvalue weighted by Crippen LogP contribution is -2.38. The Bertz CT molecular complexity index is 286. The maximum Gasteiger partial charge on any atom is 0.239 e. The van der Waals surface area contributed by atoms with Crippen molar-refractivity contribution in [2.45, 2.75) is 39.5 Å². The molecule has 3 N–H and O–H groups in total. The number of hydrogen-bond acceptors (Lipinski definition) is 3. The SMILES string of the molecule is CC(C)CNC(=O)CNC(=O)CCC1CCCNC1. The molecule has 0 spiro atoms. The predicted octanol–water partition coefficient (Wildman–Crippen LogP) is 0.655. The van der Waals surface area contributed by atoms with E-state index < -0.39 is 0 Å². The van der Waals surface area contributed by atoms with E-state index in [1.165, 1.54) is 12.8 Å². The molecule has 0 bridgehead atoms. The standard InChI is InChI=1S/C14H27N3O2/c1-11(2)8-16-14(19)10-17-13(18)6-5-12-4-3-7-15-9-12/h11-12,15H,3-10H2,1-2H3,(H,16,19)(H,17,18). The first-order chi connectivity index (χ1) is 9.08.